The lowest BCUT2D eigenvalue weighted by Gasteiger charge is -2.38. The first-order valence-electron chi connectivity index (χ1n) is 11.3. The minimum Gasteiger partial charge on any atom is -0.489 e. The Morgan fingerprint density at radius 3 is 2.56 bits per heavy atom. The van der Waals surface area contributed by atoms with Gasteiger partial charge >= 0.3 is 5.97 Å². The van der Waals surface area contributed by atoms with Crippen molar-refractivity contribution in [1.29, 1.82) is 0 Å². The van der Waals surface area contributed by atoms with Crippen molar-refractivity contribution in [3.05, 3.63) is 87.5 Å². The van der Waals surface area contributed by atoms with Gasteiger partial charge in [-0.05, 0) is 36.1 Å². The fourth-order valence-electron chi connectivity index (χ4n) is 4.50. The molecule has 1 unspecified atom stereocenters. The van der Waals surface area contributed by atoms with Gasteiger partial charge in [-0.3, -0.25) is 4.79 Å². The standard InChI is InChI=1S/C27H28ClNO5/c1-4-32-26(31)24-22(23-19(30)13-27(2,3)14-21(23)34-25(24)29)18-7-5-6-8-20(18)33-15-16-9-11-17(28)12-10-16/h5-12,22H,4,13-15,29H2,1-3H3. The van der Waals surface area contributed by atoms with Gasteiger partial charge in [0.15, 0.2) is 5.78 Å². The Kier molecular flexibility index (Phi) is 6.71. The highest BCUT2D eigenvalue weighted by atomic mass is 35.5. The number of Topliss-reactive ketones (excluding diaryl/α,β-unsaturated/α-hetero) is 1. The minimum absolute atomic E-state index is 0.0415. The predicted molar refractivity (Wildman–Crippen MR) is 129 cm³/mol. The van der Waals surface area contributed by atoms with Crippen LogP contribution in [0.2, 0.25) is 5.02 Å². The number of esters is 1. The van der Waals surface area contributed by atoms with Crippen LogP contribution < -0.4 is 10.5 Å². The lowest BCUT2D eigenvalue weighted by Crippen LogP contribution is -2.35. The highest BCUT2D eigenvalue weighted by molar-refractivity contribution is 6.30. The quantitative estimate of drug-likeness (QED) is 0.555. The normalized spacial score (nSPS) is 19.4. The summed E-state index contributed by atoms with van der Waals surface area (Å²) in [6, 6.07) is 14.7. The van der Waals surface area contributed by atoms with Gasteiger partial charge in [0, 0.05) is 29.0 Å². The van der Waals surface area contributed by atoms with E-state index in [1.165, 1.54) is 0 Å². The molecule has 0 saturated carbocycles. The van der Waals surface area contributed by atoms with Gasteiger partial charge in [-0.1, -0.05) is 55.8 Å². The third-order valence-electron chi connectivity index (χ3n) is 5.99. The van der Waals surface area contributed by atoms with E-state index in [4.69, 9.17) is 31.5 Å². The highest BCUT2D eigenvalue weighted by Gasteiger charge is 2.45. The molecule has 0 spiro atoms. The first kappa shape index (κ1) is 23.9. The molecule has 7 heteroatoms. The lowest BCUT2D eigenvalue weighted by molar-refractivity contribution is -0.139. The van der Waals surface area contributed by atoms with Gasteiger partial charge in [0.2, 0.25) is 5.88 Å². The molecule has 0 fully saturated rings. The van der Waals surface area contributed by atoms with Crippen molar-refractivity contribution in [3.63, 3.8) is 0 Å². The van der Waals surface area contributed by atoms with Crippen LogP contribution in [0.3, 0.4) is 0 Å². The van der Waals surface area contributed by atoms with Crippen LogP contribution in [-0.4, -0.2) is 18.4 Å². The van der Waals surface area contributed by atoms with Crippen LogP contribution in [0.1, 0.15) is 50.7 Å². The summed E-state index contributed by atoms with van der Waals surface area (Å²) in [5, 5.41) is 0.643. The second kappa shape index (κ2) is 9.55. The zero-order valence-corrected chi connectivity index (χ0v) is 20.3. The van der Waals surface area contributed by atoms with E-state index in [1.54, 1.807) is 19.1 Å². The second-order valence-electron chi connectivity index (χ2n) is 9.26. The molecule has 178 valence electrons. The Bertz CT molecular complexity index is 1180. The Morgan fingerprint density at radius 2 is 1.85 bits per heavy atom. The molecule has 2 aromatic rings. The van der Waals surface area contributed by atoms with E-state index in [1.807, 2.05) is 50.2 Å². The monoisotopic (exact) mass is 481 g/mol. The van der Waals surface area contributed by atoms with Crippen LogP contribution >= 0.6 is 11.6 Å². The van der Waals surface area contributed by atoms with Crippen molar-refractivity contribution < 1.29 is 23.8 Å². The topological polar surface area (TPSA) is 87.9 Å². The average Bonchev–Trinajstić information content (AvgIpc) is 2.77. The maximum atomic E-state index is 13.4. The van der Waals surface area contributed by atoms with Crippen molar-refractivity contribution in [1.82, 2.24) is 0 Å². The van der Waals surface area contributed by atoms with Gasteiger partial charge in [-0.2, -0.15) is 0 Å². The van der Waals surface area contributed by atoms with Gasteiger partial charge in [-0.25, -0.2) is 4.79 Å². The lowest BCUT2D eigenvalue weighted by atomic mass is 9.70. The minimum atomic E-state index is -0.743. The van der Waals surface area contributed by atoms with Crippen molar-refractivity contribution in [3.8, 4) is 5.75 Å². The number of rotatable bonds is 6. The van der Waals surface area contributed by atoms with Gasteiger partial charge in [0.05, 0.1) is 12.5 Å². The van der Waals surface area contributed by atoms with E-state index < -0.39 is 11.9 Å². The Morgan fingerprint density at radius 1 is 1.15 bits per heavy atom. The average molecular weight is 482 g/mol. The largest absolute Gasteiger partial charge is 0.489 e. The van der Waals surface area contributed by atoms with E-state index in [2.05, 4.69) is 0 Å². The molecule has 0 saturated heterocycles. The molecule has 0 radical (unpaired) electrons. The third-order valence-corrected chi connectivity index (χ3v) is 6.24. The number of hydrogen-bond donors (Lipinski definition) is 1. The third kappa shape index (κ3) is 4.82. The Hall–Kier alpha value is -3.25. The first-order valence-corrected chi connectivity index (χ1v) is 11.6. The molecule has 4 rings (SSSR count). The number of ether oxygens (including phenoxy) is 3. The maximum Gasteiger partial charge on any atom is 0.340 e. The van der Waals surface area contributed by atoms with E-state index >= 15 is 0 Å². The second-order valence-corrected chi connectivity index (χ2v) is 9.70. The maximum absolute atomic E-state index is 13.4. The summed E-state index contributed by atoms with van der Waals surface area (Å²) in [6.45, 7) is 6.20. The van der Waals surface area contributed by atoms with Gasteiger partial charge in [-0.15, -0.1) is 0 Å². The highest BCUT2D eigenvalue weighted by Crippen LogP contribution is 2.49. The Balaban J connectivity index is 1.79. The molecule has 6 nitrogen and oxygen atoms in total. The van der Waals surface area contributed by atoms with Gasteiger partial charge < -0.3 is 19.9 Å². The molecule has 2 aromatic carbocycles. The van der Waals surface area contributed by atoms with Gasteiger partial charge in [0.25, 0.3) is 0 Å². The summed E-state index contributed by atoms with van der Waals surface area (Å²) in [6.07, 6.45) is 0.880. The molecule has 2 aliphatic rings. The van der Waals surface area contributed by atoms with Crippen LogP contribution in [0.4, 0.5) is 0 Å². The molecule has 1 aliphatic heterocycles. The molecule has 0 bridgehead atoms. The fourth-order valence-corrected chi connectivity index (χ4v) is 4.62. The molecular formula is C27H28ClNO5. The summed E-state index contributed by atoms with van der Waals surface area (Å²) in [4.78, 5) is 26.4. The fraction of sp³-hybridized carbons (Fsp3) is 0.333. The SMILES string of the molecule is CCOC(=O)C1=C(N)OC2=C(C(=O)CC(C)(C)C2)C1c1ccccc1OCc1ccc(Cl)cc1. The van der Waals surface area contributed by atoms with E-state index in [9.17, 15) is 9.59 Å². The molecule has 1 heterocycles. The van der Waals surface area contributed by atoms with E-state index in [-0.39, 0.29) is 35.9 Å². The molecule has 1 aliphatic carbocycles. The molecule has 2 N–H and O–H groups in total. The molecule has 0 amide bonds. The van der Waals surface area contributed by atoms with Crippen molar-refractivity contribution in [2.24, 2.45) is 11.1 Å². The summed E-state index contributed by atoms with van der Waals surface area (Å²) in [5.74, 6) is -0.416. The van der Waals surface area contributed by atoms with E-state index in [0.717, 1.165) is 5.56 Å². The number of carbonyl (C=O) groups excluding carboxylic acids is 2. The summed E-state index contributed by atoms with van der Waals surface area (Å²) < 4.78 is 17.3. The number of para-hydroxylation sites is 1. The van der Waals surface area contributed by atoms with Crippen LogP contribution in [0.25, 0.3) is 0 Å². The first-order chi connectivity index (χ1) is 16.2. The summed E-state index contributed by atoms with van der Waals surface area (Å²) >= 11 is 5.99. The number of halogens is 1. The van der Waals surface area contributed by atoms with Crippen molar-refractivity contribution in [2.45, 2.75) is 46.1 Å². The van der Waals surface area contributed by atoms with Crippen molar-refractivity contribution in [2.75, 3.05) is 6.61 Å². The molecule has 0 aromatic heterocycles. The van der Waals surface area contributed by atoms with Gasteiger partial charge in [0.1, 0.15) is 23.7 Å². The van der Waals surface area contributed by atoms with Crippen molar-refractivity contribution >= 4 is 23.4 Å². The molecular weight excluding hydrogens is 454 g/mol. The Labute approximate surface area is 204 Å². The number of carbonyl (C=O) groups is 2. The smallest absolute Gasteiger partial charge is 0.340 e. The number of ketones is 1. The zero-order chi connectivity index (χ0) is 24.5. The van der Waals surface area contributed by atoms with Crippen LogP contribution in [0.15, 0.2) is 71.3 Å². The van der Waals surface area contributed by atoms with E-state index in [0.29, 0.717) is 40.5 Å². The van der Waals surface area contributed by atoms with Crippen LogP contribution in [-0.2, 0) is 25.7 Å². The number of allylic oxidation sites excluding steroid dienone is 2. The zero-order valence-electron chi connectivity index (χ0n) is 19.5. The number of hydrogen-bond acceptors (Lipinski definition) is 6. The van der Waals surface area contributed by atoms with Crippen LogP contribution in [0.5, 0.6) is 5.75 Å². The number of nitrogens with two attached hydrogens (primary N) is 1. The van der Waals surface area contributed by atoms with Crippen LogP contribution in [0, 0.1) is 5.41 Å². The number of benzene rings is 2. The predicted octanol–water partition coefficient (Wildman–Crippen LogP) is 5.41. The summed E-state index contributed by atoms with van der Waals surface area (Å²) in [7, 11) is 0. The molecule has 1 atom stereocenters. The molecule has 34 heavy (non-hydrogen) atoms. The summed E-state index contributed by atoms with van der Waals surface area (Å²) in [5.41, 5.74) is 8.15.